The molecule has 0 aliphatic heterocycles. The van der Waals surface area contributed by atoms with Gasteiger partial charge in [-0.3, -0.25) is 0 Å². The van der Waals surface area contributed by atoms with Crippen LogP contribution in [0.3, 0.4) is 0 Å². The Labute approximate surface area is 75.8 Å². The third-order valence-corrected chi connectivity index (χ3v) is 2.33. The van der Waals surface area contributed by atoms with Crippen LogP contribution in [0.1, 0.15) is 16.4 Å². The zero-order chi connectivity index (χ0) is 8.81. The summed E-state index contributed by atoms with van der Waals surface area (Å²) >= 11 is 1.59. The van der Waals surface area contributed by atoms with Gasteiger partial charge in [-0.1, -0.05) is 11.3 Å². The molecule has 0 bridgehead atoms. The van der Waals surface area contributed by atoms with Crippen LogP contribution in [0.5, 0.6) is 0 Å². The van der Waals surface area contributed by atoms with Gasteiger partial charge in [0.25, 0.3) is 0 Å². The number of nitrogens with two attached hydrogens (primary N) is 1. The summed E-state index contributed by atoms with van der Waals surface area (Å²) in [6, 6.07) is 0. The van der Waals surface area contributed by atoms with E-state index < -0.39 is 0 Å². The van der Waals surface area contributed by atoms with Crippen LogP contribution in [0.25, 0.3) is 0 Å². The highest BCUT2D eigenvalue weighted by atomic mass is 32.1. The molecule has 0 spiro atoms. The van der Waals surface area contributed by atoms with E-state index in [0.717, 1.165) is 22.9 Å². The Morgan fingerprint density at radius 1 is 1.42 bits per heavy atom. The van der Waals surface area contributed by atoms with E-state index in [0.29, 0.717) is 13.2 Å². The van der Waals surface area contributed by atoms with E-state index in [-0.39, 0.29) is 0 Å². The maximum absolute atomic E-state index is 5.37. The molecule has 1 aromatic rings. The lowest BCUT2D eigenvalue weighted by Crippen LogP contribution is -1.99. The lowest BCUT2D eigenvalue weighted by atomic mass is 10.3. The van der Waals surface area contributed by atoms with Crippen molar-refractivity contribution in [2.75, 3.05) is 13.7 Å². The van der Waals surface area contributed by atoms with Crippen molar-refractivity contribution in [3.8, 4) is 0 Å². The summed E-state index contributed by atoms with van der Waals surface area (Å²) in [5.74, 6) is 0. The molecule has 0 saturated heterocycles. The molecule has 0 unspecified atom stereocenters. The number of aromatic nitrogens is 2. The van der Waals surface area contributed by atoms with Crippen molar-refractivity contribution in [2.24, 2.45) is 5.73 Å². The standard InChI is InChI=1S/C7H13N3OS/c1-11-5-7-10-9-6(12-7)3-2-4-8/h2-5,8H2,1H3. The fraction of sp³-hybridized carbons (Fsp3) is 0.714. The van der Waals surface area contributed by atoms with Crippen molar-refractivity contribution in [3.63, 3.8) is 0 Å². The van der Waals surface area contributed by atoms with Crippen LogP contribution in [0.15, 0.2) is 0 Å². The zero-order valence-electron chi connectivity index (χ0n) is 7.12. The Kier molecular flexibility index (Phi) is 4.13. The number of methoxy groups -OCH3 is 1. The van der Waals surface area contributed by atoms with Gasteiger partial charge in [-0.2, -0.15) is 0 Å². The third-order valence-electron chi connectivity index (χ3n) is 1.37. The van der Waals surface area contributed by atoms with Crippen LogP contribution in [0.4, 0.5) is 0 Å². The molecule has 2 N–H and O–H groups in total. The number of rotatable bonds is 5. The summed E-state index contributed by atoms with van der Waals surface area (Å²) in [5.41, 5.74) is 5.37. The van der Waals surface area contributed by atoms with E-state index >= 15 is 0 Å². The predicted octanol–water partition coefficient (Wildman–Crippen LogP) is 0.576. The topological polar surface area (TPSA) is 61.0 Å². The summed E-state index contributed by atoms with van der Waals surface area (Å²) in [4.78, 5) is 0. The molecule has 0 radical (unpaired) electrons. The van der Waals surface area contributed by atoms with Crippen molar-refractivity contribution in [1.82, 2.24) is 10.2 Å². The van der Waals surface area contributed by atoms with Gasteiger partial charge in [0.2, 0.25) is 0 Å². The van der Waals surface area contributed by atoms with E-state index in [9.17, 15) is 0 Å². The third kappa shape index (κ3) is 2.84. The molecule has 1 aromatic heterocycles. The second kappa shape index (κ2) is 5.18. The van der Waals surface area contributed by atoms with E-state index in [2.05, 4.69) is 10.2 Å². The average molecular weight is 187 g/mol. The average Bonchev–Trinajstić information content (AvgIpc) is 2.50. The molecular formula is C7H13N3OS. The lowest BCUT2D eigenvalue weighted by Gasteiger charge is -1.90. The van der Waals surface area contributed by atoms with E-state index in [1.165, 1.54) is 0 Å². The minimum Gasteiger partial charge on any atom is -0.377 e. The molecule has 12 heavy (non-hydrogen) atoms. The fourth-order valence-corrected chi connectivity index (χ4v) is 1.68. The molecule has 0 aliphatic rings. The molecule has 1 rings (SSSR count). The van der Waals surface area contributed by atoms with Gasteiger partial charge in [0.1, 0.15) is 10.0 Å². The number of hydrogen-bond donors (Lipinski definition) is 1. The highest BCUT2D eigenvalue weighted by Crippen LogP contribution is 2.11. The zero-order valence-corrected chi connectivity index (χ0v) is 7.93. The summed E-state index contributed by atoms with van der Waals surface area (Å²) in [7, 11) is 1.65. The highest BCUT2D eigenvalue weighted by Gasteiger charge is 2.02. The molecule has 0 atom stereocenters. The predicted molar refractivity (Wildman–Crippen MR) is 48.0 cm³/mol. The maximum Gasteiger partial charge on any atom is 0.143 e. The van der Waals surface area contributed by atoms with Crippen molar-refractivity contribution in [2.45, 2.75) is 19.4 Å². The first kappa shape index (κ1) is 9.57. The highest BCUT2D eigenvalue weighted by molar-refractivity contribution is 7.11. The van der Waals surface area contributed by atoms with Crippen LogP contribution in [0, 0.1) is 0 Å². The fourth-order valence-electron chi connectivity index (χ4n) is 0.824. The first-order valence-electron chi connectivity index (χ1n) is 3.87. The van der Waals surface area contributed by atoms with Crippen molar-refractivity contribution in [3.05, 3.63) is 10.0 Å². The first-order valence-corrected chi connectivity index (χ1v) is 4.68. The molecule has 0 amide bonds. The van der Waals surface area contributed by atoms with Crippen LogP contribution in [-0.4, -0.2) is 23.9 Å². The van der Waals surface area contributed by atoms with Gasteiger partial charge in [-0.15, -0.1) is 10.2 Å². The van der Waals surface area contributed by atoms with Crippen LogP contribution < -0.4 is 5.73 Å². The largest absolute Gasteiger partial charge is 0.377 e. The van der Waals surface area contributed by atoms with Crippen LogP contribution in [-0.2, 0) is 17.8 Å². The Bertz CT molecular complexity index is 226. The molecule has 4 nitrogen and oxygen atoms in total. The summed E-state index contributed by atoms with van der Waals surface area (Å²) in [6.07, 6.45) is 1.90. The first-order chi connectivity index (χ1) is 5.86. The van der Waals surface area contributed by atoms with Crippen LogP contribution in [0.2, 0.25) is 0 Å². The summed E-state index contributed by atoms with van der Waals surface area (Å²) in [6.45, 7) is 1.26. The van der Waals surface area contributed by atoms with Crippen molar-refractivity contribution < 1.29 is 4.74 Å². The molecular weight excluding hydrogens is 174 g/mol. The second-order valence-electron chi connectivity index (χ2n) is 2.41. The molecule has 1 heterocycles. The summed E-state index contributed by atoms with van der Waals surface area (Å²) in [5, 5.41) is 9.95. The summed E-state index contributed by atoms with van der Waals surface area (Å²) < 4.78 is 4.93. The molecule has 0 aromatic carbocycles. The van der Waals surface area contributed by atoms with Gasteiger partial charge in [-0.05, 0) is 13.0 Å². The Hall–Kier alpha value is -0.520. The second-order valence-corrected chi connectivity index (χ2v) is 3.56. The van der Waals surface area contributed by atoms with Gasteiger partial charge < -0.3 is 10.5 Å². The minimum atomic E-state index is 0.556. The van der Waals surface area contributed by atoms with E-state index in [1.54, 1.807) is 18.4 Å². The number of hydrogen-bond acceptors (Lipinski definition) is 5. The Morgan fingerprint density at radius 3 is 2.83 bits per heavy atom. The van der Waals surface area contributed by atoms with Gasteiger partial charge in [-0.25, -0.2) is 0 Å². The SMILES string of the molecule is COCc1nnc(CCCN)s1. The molecule has 0 fully saturated rings. The van der Waals surface area contributed by atoms with Crippen molar-refractivity contribution in [1.29, 1.82) is 0 Å². The van der Waals surface area contributed by atoms with E-state index in [1.807, 2.05) is 0 Å². The van der Waals surface area contributed by atoms with Gasteiger partial charge in [0.15, 0.2) is 0 Å². The Morgan fingerprint density at radius 2 is 2.17 bits per heavy atom. The number of aryl methyl sites for hydroxylation is 1. The number of ether oxygens (including phenoxy) is 1. The quantitative estimate of drug-likeness (QED) is 0.732. The van der Waals surface area contributed by atoms with Crippen LogP contribution >= 0.6 is 11.3 Å². The molecule has 0 saturated carbocycles. The molecule has 68 valence electrons. The van der Waals surface area contributed by atoms with Gasteiger partial charge in [0.05, 0.1) is 6.61 Å². The van der Waals surface area contributed by atoms with Gasteiger partial charge >= 0.3 is 0 Å². The molecule has 0 aliphatic carbocycles. The smallest absolute Gasteiger partial charge is 0.143 e. The van der Waals surface area contributed by atoms with Gasteiger partial charge in [0, 0.05) is 13.5 Å². The normalized spacial score (nSPS) is 10.5. The minimum absolute atomic E-state index is 0.556. The monoisotopic (exact) mass is 187 g/mol. The van der Waals surface area contributed by atoms with Crippen molar-refractivity contribution >= 4 is 11.3 Å². The lowest BCUT2D eigenvalue weighted by molar-refractivity contribution is 0.184. The van der Waals surface area contributed by atoms with E-state index in [4.69, 9.17) is 10.5 Å². The number of nitrogens with zero attached hydrogens (tertiary/aromatic N) is 2. The Balaban J connectivity index is 2.41. The maximum atomic E-state index is 5.37. The molecule has 5 heteroatoms.